The zero-order chi connectivity index (χ0) is 16.2. The standard InChI is InChI=1S/C15H22FNO4S/c1-2-15(11-9-13(18)10-11)17-22(19,20)8-7-21-14-5-3-12(16)4-6-14/h3-6,11,13,15,17-18H,2,7-10H2,1H3/t11?,13?,15-/m1/s1. The Morgan fingerprint density at radius 2 is 2.00 bits per heavy atom. The Labute approximate surface area is 130 Å². The van der Waals surface area contributed by atoms with Crippen LogP contribution in [0.3, 0.4) is 0 Å². The molecule has 124 valence electrons. The minimum atomic E-state index is -3.44. The monoisotopic (exact) mass is 331 g/mol. The molecule has 1 aromatic rings. The Morgan fingerprint density at radius 1 is 1.36 bits per heavy atom. The number of hydrogen-bond donors (Lipinski definition) is 2. The summed E-state index contributed by atoms with van der Waals surface area (Å²) in [6.07, 6.45) is 1.68. The molecule has 22 heavy (non-hydrogen) atoms. The quantitative estimate of drug-likeness (QED) is 0.760. The van der Waals surface area contributed by atoms with Crippen molar-refractivity contribution in [2.45, 2.75) is 38.3 Å². The Morgan fingerprint density at radius 3 is 2.55 bits per heavy atom. The van der Waals surface area contributed by atoms with Gasteiger partial charge in [-0.15, -0.1) is 0 Å². The average Bonchev–Trinajstić information content (AvgIpc) is 2.44. The van der Waals surface area contributed by atoms with Crippen LogP contribution in [-0.2, 0) is 10.0 Å². The van der Waals surface area contributed by atoms with Gasteiger partial charge in [0, 0.05) is 6.04 Å². The van der Waals surface area contributed by atoms with E-state index < -0.39 is 10.0 Å². The highest BCUT2D eigenvalue weighted by Gasteiger charge is 2.34. The van der Waals surface area contributed by atoms with E-state index in [1.54, 1.807) is 0 Å². The summed E-state index contributed by atoms with van der Waals surface area (Å²) in [6.45, 7) is 1.93. The van der Waals surface area contributed by atoms with Gasteiger partial charge in [-0.2, -0.15) is 0 Å². The fourth-order valence-corrected chi connectivity index (χ4v) is 3.80. The third kappa shape index (κ3) is 4.93. The molecular formula is C15H22FNO4S. The lowest BCUT2D eigenvalue weighted by Crippen LogP contribution is -2.47. The topological polar surface area (TPSA) is 75.6 Å². The first kappa shape index (κ1) is 17.2. The maximum absolute atomic E-state index is 12.7. The predicted octanol–water partition coefficient (Wildman–Crippen LogP) is 1.67. The van der Waals surface area contributed by atoms with Crippen LogP contribution in [0.5, 0.6) is 5.75 Å². The van der Waals surface area contributed by atoms with Crippen LogP contribution in [0.4, 0.5) is 4.39 Å². The van der Waals surface area contributed by atoms with Crippen LogP contribution in [0.15, 0.2) is 24.3 Å². The van der Waals surface area contributed by atoms with Gasteiger partial charge in [-0.3, -0.25) is 0 Å². The molecule has 1 aromatic carbocycles. The molecule has 7 heteroatoms. The van der Waals surface area contributed by atoms with Crippen molar-refractivity contribution in [1.82, 2.24) is 4.72 Å². The Balaban J connectivity index is 1.79. The fraction of sp³-hybridized carbons (Fsp3) is 0.600. The molecule has 0 unspecified atom stereocenters. The van der Waals surface area contributed by atoms with Crippen molar-refractivity contribution in [3.8, 4) is 5.75 Å². The lowest BCUT2D eigenvalue weighted by atomic mass is 9.77. The second kappa shape index (κ2) is 7.39. The number of aliphatic hydroxyl groups is 1. The molecular weight excluding hydrogens is 309 g/mol. The van der Waals surface area contributed by atoms with Crippen LogP contribution in [0.25, 0.3) is 0 Å². The van der Waals surface area contributed by atoms with E-state index in [-0.39, 0.29) is 36.2 Å². The summed E-state index contributed by atoms with van der Waals surface area (Å²) in [5.74, 6) is 0.115. The number of aliphatic hydroxyl groups excluding tert-OH is 1. The first-order valence-electron chi connectivity index (χ1n) is 7.46. The van der Waals surface area contributed by atoms with Gasteiger partial charge in [0.25, 0.3) is 0 Å². The summed E-state index contributed by atoms with van der Waals surface area (Å²) in [5, 5.41) is 9.32. The summed E-state index contributed by atoms with van der Waals surface area (Å²) in [4.78, 5) is 0. The smallest absolute Gasteiger partial charge is 0.215 e. The molecule has 1 saturated carbocycles. The lowest BCUT2D eigenvalue weighted by Gasteiger charge is -2.37. The number of rotatable bonds is 8. The molecule has 0 saturated heterocycles. The normalized spacial score (nSPS) is 22.9. The fourth-order valence-electron chi connectivity index (χ4n) is 2.56. The van der Waals surface area contributed by atoms with Crippen molar-refractivity contribution in [1.29, 1.82) is 0 Å². The first-order chi connectivity index (χ1) is 10.4. The van der Waals surface area contributed by atoms with Gasteiger partial charge >= 0.3 is 0 Å². The SMILES string of the molecule is CC[C@@H](NS(=O)(=O)CCOc1ccc(F)cc1)C1CC(O)C1. The van der Waals surface area contributed by atoms with Crippen molar-refractivity contribution in [2.75, 3.05) is 12.4 Å². The molecule has 1 fully saturated rings. The first-order valence-corrected chi connectivity index (χ1v) is 9.11. The van der Waals surface area contributed by atoms with Gasteiger partial charge in [-0.1, -0.05) is 6.92 Å². The Bertz CT molecular complexity index is 570. The molecule has 5 nitrogen and oxygen atoms in total. The van der Waals surface area contributed by atoms with Gasteiger partial charge in [-0.05, 0) is 49.4 Å². The average molecular weight is 331 g/mol. The van der Waals surface area contributed by atoms with Crippen LogP contribution >= 0.6 is 0 Å². The minimum absolute atomic E-state index is 0.00465. The van der Waals surface area contributed by atoms with Crippen molar-refractivity contribution in [2.24, 2.45) is 5.92 Å². The highest BCUT2D eigenvalue weighted by atomic mass is 32.2. The van der Waals surface area contributed by atoms with Crippen molar-refractivity contribution < 1.29 is 22.7 Å². The Kier molecular flexibility index (Phi) is 5.77. The number of benzene rings is 1. The molecule has 0 bridgehead atoms. The van der Waals surface area contributed by atoms with Gasteiger partial charge in [0.1, 0.15) is 18.2 Å². The number of halogens is 1. The van der Waals surface area contributed by atoms with E-state index in [1.807, 2.05) is 6.92 Å². The zero-order valence-electron chi connectivity index (χ0n) is 12.5. The van der Waals surface area contributed by atoms with Crippen molar-refractivity contribution >= 4 is 10.0 Å². The number of hydrogen-bond acceptors (Lipinski definition) is 4. The molecule has 0 radical (unpaired) electrons. The summed E-state index contributed by atoms with van der Waals surface area (Å²) < 4.78 is 44.8. The largest absolute Gasteiger partial charge is 0.492 e. The molecule has 2 N–H and O–H groups in total. The Hall–Kier alpha value is -1.18. The molecule has 0 spiro atoms. The molecule has 0 aromatic heterocycles. The van der Waals surface area contributed by atoms with E-state index in [0.717, 1.165) is 0 Å². The molecule has 0 heterocycles. The summed E-state index contributed by atoms with van der Waals surface area (Å²) in [5.41, 5.74) is 0. The van der Waals surface area contributed by atoms with Crippen LogP contribution in [0.2, 0.25) is 0 Å². The molecule has 1 aliphatic carbocycles. The number of ether oxygens (including phenoxy) is 1. The number of nitrogens with one attached hydrogen (secondary N) is 1. The van der Waals surface area contributed by atoms with E-state index in [9.17, 15) is 17.9 Å². The molecule has 1 atom stereocenters. The van der Waals surface area contributed by atoms with Gasteiger partial charge in [0.05, 0.1) is 11.9 Å². The van der Waals surface area contributed by atoms with E-state index in [0.29, 0.717) is 25.0 Å². The molecule has 2 rings (SSSR count). The molecule has 0 aliphatic heterocycles. The second-order valence-electron chi connectivity index (χ2n) is 5.64. The van der Waals surface area contributed by atoms with Crippen LogP contribution in [-0.4, -0.2) is 38.0 Å². The van der Waals surface area contributed by atoms with Gasteiger partial charge in [0.2, 0.25) is 10.0 Å². The predicted molar refractivity (Wildman–Crippen MR) is 81.6 cm³/mol. The van der Waals surface area contributed by atoms with E-state index in [2.05, 4.69) is 4.72 Å². The van der Waals surface area contributed by atoms with E-state index in [1.165, 1.54) is 24.3 Å². The van der Waals surface area contributed by atoms with Crippen LogP contribution in [0, 0.1) is 11.7 Å². The molecule has 0 amide bonds. The van der Waals surface area contributed by atoms with Crippen molar-refractivity contribution in [3.63, 3.8) is 0 Å². The highest BCUT2D eigenvalue weighted by Crippen LogP contribution is 2.31. The second-order valence-corrected chi connectivity index (χ2v) is 7.51. The van der Waals surface area contributed by atoms with Crippen molar-refractivity contribution in [3.05, 3.63) is 30.1 Å². The third-order valence-corrected chi connectivity index (χ3v) is 5.29. The van der Waals surface area contributed by atoms with Crippen LogP contribution < -0.4 is 9.46 Å². The van der Waals surface area contributed by atoms with Gasteiger partial charge in [0.15, 0.2) is 0 Å². The lowest BCUT2D eigenvalue weighted by molar-refractivity contribution is 0.0277. The summed E-state index contributed by atoms with van der Waals surface area (Å²) in [6, 6.07) is 5.30. The highest BCUT2D eigenvalue weighted by molar-refractivity contribution is 7.89. The maximum atomic E-state index is 12.7. The maximum Gasteiger partial charge on any atom is 0.215 e. The van der Waals surface area contributed by atoms with Crippen LogP contribution in [0.1, 0.15) is 26.2 Å². The van der Waals surface area contributed by atoms with E-state index >= 15 is 0 Å². The van der Waals surface area contributed by atoms with Gasteiger partial charge < -0.3 is 9.84 Å². The molecule has 1 aliphatic rings. The number of sulfonamides is 1. The minimum Gasteiger partial charge on any atom is -0.492 e. The summed E-state index contributed by atoms with van der Waals surface area (Å²) >= 11 is 0. The summed E-state index contributed by atoms with van der Waals surface area (Å²) in [7, 11) is -3.44. The van der Waals surface area contributed by atoms with E-state index in [4.69, 9.17) is 4.74 Å². The zero-order valence-corrected chi connectivity index (χ0v) is 13.4. The van der Waals surface area contributed by atoms with Gasteiger partial charge in [-0.25, -0.2) is 17.5 Å². The third-order valence-electron chi connectivity index (χ3n) is 3.92.